The summed E-state index contributed by atoms with van der Waals surface area (Å²) >= 11 is 0. The number of nitrogens with zero attached hydrogens (tertiary/aromatic N) is 2. The van der Waals surface area contributed by atoms with E-state index in [0.29, 0.717) is 6.04 Å². The third kappa shape index (κ3) is 3.06. The quantitative estimate of drug-likeness (QED) is 0.802. The second kappa shape index (κ2) is 4.97. The van der Waals surface area contributed by atoms with Crippen LogP contribution in [0, 0.1) is 0 Å². The van der Waals surface area contributed by atoms with Gasteiger partial charge < -0.3 is 15.0 Å². The number of nitrogens with one attached hydrogen (secondary N) is 1. The average molecular weight is 225 g/mol. The number of aliphatic hydroxyl groups excluding tert-OH is 1. The predicted octanol–water partition coefficient (Wildman–Crippen LogP) is 1.71. The Morgan fingerprint density at radius 2 is 2.06 bits per heavy atom. The van der Waals surface area contributed by atoms with E-state index in [1.165, 1.54) is 0 Å². The van der Waals surface area contributed by atoms with Gasteiger partial charge in [-0.1, -0.05) is 0 Å². The third-order valence-corrected chi connectivity index (χ3v) is 3.07. The molecule has 2 N–H and O–H groups in total. The Kier molecular flexibility index (Phi) is 4.10. The van der Waals surface area contributed by atoms with Gasteiger partial charge in [-0.15, -0.1) is 0 Å². The summed E-state index contributed by atoms with van der Waals surface area (Å²) in [4.78, 5) is 4.15. The first kappa shape index (κ1) is 13.2. The lowest BCUT2D eigenvalue weighted by Crippen LogP contribution is -2.47. The van der Waals surface area contributed by atoms with Crippen LogP contribution in [-0.2, 0) is 6.54 Å². The van der Waals surface area contributed by atoms with Crippen molar-refractivity contribution in [3.63, 3.8) is 0 Å². The van der Waals surface area contributed by atoms with E-state index in [1.807, 2.05) is 26.4 Å². The van der Waals surface area contributed by atoms with Crippen LogP contribution in [-0.4, -0.2) is 26.3 Å². The second-order valence-corrected chi connectivity index (χ2v) is 5.14. The molecule has 1 heterocycles. The Labute approximate surface area is 97.7 Å². The highest BCUT2D eigenvalue weighted by molar-refractivity contribution is 5.01. The summed E-state index contributed by atoms with van der Waals surface area (Å²) in [6, 6.07) is 0.411. The summed E-state index contributed by atoms with van der Waals surface area (Å²) < 4.78 is 2.13. The highest BCUT2D eigenvalue weighted by Gasteiger charge is 2.23. The standard InChI is InChI=1S/C12H23N3O/c1-9(2)15-8-13-6-11(15)7-14-12(4,5)10(3)16/h6,8-10,14,16H,7H2,1-5H3. The zero-order valence-electron chi connectivity index (χ0n) is 10.9. The molecule has 1 unspecified atom stereocenters. The molecule has 0 saturated heterocycles. The number of hydrogen-bond donors (Lipinski definition) is 2. The minimum absolute atomic E-state index is 0.286. The topological polar surface area (TPSA) is 50.1 Å². The molecule has 1 atom stereocenters. The van der Waals surface area contributed by atoms with E-state index in [0.717, 1.165) is 12.2 Å². The fourth-order valence-electron chi connectivity index (χ4n) is 1.40. The van der Waals surface area contributed by atoms with Crippen LogP contribution in [0.3, 0.4) is 0 Å². The van der Waals surface area contributed by atoms with E-state index >= 15 is 0 Å². The molecule has 4 nitrogen and oxygen atoms in total. The van der Waals surface area contributed by atoms with Crippen molar-refractivity contribution in [2.75, 3.05) is 0 Å². The molecular formula is C12H23N3O. The van der Waals surface area contributed by atoms with Crippen LogP contribution in [0.15, 0.2) is 12.5 Å². The zero-order chi connectivity index (χ0) is 12.3. The predicted molar refractivity (Wildman–Crippen MR) is 65.2 cm³/mol. The maximum absolute atomic E-state index is 9.60. The van der Waals surface area contributed by atoms with Crippen molar-refractivity contribution in [1.82, 2.24) is 14.9 Å². The first-order valence-electron chi connectivity index (χ1n) is 5.78. The monoisotopic (exact) mass is 225 g/mol. The Morgan fingerprint density at radius 1 is 1.44 bits per heavy atom. The third-order valence-electron chi connectivity index (χ3n) is 3.07. The molecule has 0 aliphatic rings. The lowest BCUT2D eigenvalue weighted by Gasteiger charge is -2.29. The van der Waals surface area contributed by atoms with Gasteiger partial charge in [-0.25, -0.2) is 4.98 Å². The normalized spacial score (nSPS) is 14.4. The van der Waals surface area contributed by atoms with E-state index in [-0.39, 0.29) is 11.6 Å². The first-order chi connectivity index (χ1) is 7.34. The molecule has 4 heteroatoms. The molecule has 0 radical (unpaired) electrons. The van der Waals surface area contributed by atoms with Crippen molar-refractivity contribution < 1.29 is 5.11 Å². The molecule has 92 valence electrons. The Bertz CT molecular complexity index is 329. The lowest BCUT2D eigenvalue weighted by atomic mass is 9.99. The molecular weight excluding hydrogens is 202 g/mol. The molecule has 1 aromatic heterocycles. The molecule has 0 fully saturated rings. The van der Waals surface area contributed by atoms with Gasteiger partial charge in [-0.05, 0) is 34.6 Å². The molecule has 0 aliphatic heterocycles. The fourth-order valence-corrected chi connectivity index (χ4v) is 1.40. The maximum atomic E-state index is 9.60. The van der Waals surface area contributed by atoms with E-state index in [4.69, 9.17) is 0 Å². The Hall–Kier alpha value is -0.870. The number of aliphatic hydroxyl groups is 1. The molecule has 0 amide bonds. The molecule has 0 saturated carbocycles. The maximum Gasteiger partial charge on any atom is 0.0951 e. The van der Waals surface area contributed by atoms with Crippen molar-refractivity contribution >= 4 is 0 Å². The van der Waals surface area contributed by atoms with Gasteiger partial charge in [0.05, 0.1) is 18.1 Å². The van der Waals surface area contributed by atoms with Gasteiger partial charge in [-0.3, -0.25) is 0 Å². The largest absolute Gasteiger partial charge is 0.392 e. The summed E-state index contributed by atoms with van der Waals surface area (Å²) in [7, 11) is 0. The van der Waals surface area contributed by atoms with E-state index in [2.05, 4.69) is 28.7 Å². The van der Waals surface area contributed by atoms with Gasteiger partial charge in [0, 0.05) is 24.3 Å². The number of aromatic nitrogens is 2. The molecule has 16 heavy (non-hydrogen) atoms. The van der Waals surface area contributed by atoms with E-state index in [9.17, 15) is 5.11 Å². The highest BCUT2D eigenvalue weighted by atomic mass is 16.3. The molecule has 0 aliphatic carbocycles. The van der Waals surface area contributed by atoms with Gasteiger partial charge in [0.25, 0.3) is 0 Å². The van der Waals surface area contributed by atoms with Crippen molar-refractivity contribution in [3.05, 3.63) is 18.2 Å². The number of hydrogen-bond acceptors (Lipinski definition) is 3. The lowest BCUT2D eigenvalue weighted by molar-refractivity contribution is 0.0951. The SMILES string of the molecule is CC(C)n1cncc1CNC(C)(C)C(C)O. The van der Waals surface area contributed by atoms with Crippen molar-refractivity contribution in [1.29, 1.82) is 0 Å². The van der Waals surface area contributed by atoms with E-state index in [1.54, 1.807) is 6.92 Å². The van der Waals surface area contributed by atoms with Gasteiger partial charge in [0.15, 0.2) is 0 Å². The summed E-state index contributed by atoms with van der Waals surface area (Å²) in [5, 5.41) is 12.9. The smallest absolute Gasteiger partial charge is 0.0951 e. The molecule has 1 rings (SSSR count). The Morgan fingerprint density at radius 3 is 2.56 bits per heavy atom. The average Bonchev–Trinajstić information content (AvgIpc) is 2.62. The van der Waals surface area contributed by atoms with Crippen LogP contribution in [0.25, 0.3) is 0 Å². The molecule has 0 spiro atoms. The summed E-state index contributed by atoms with van der Waals surface area (Å²) in [5.74, 6) is 0. The summed E-state index contributed by atoms with van der Waals surface area (Å²) in [6.07, 6.45) is 3.32. The van der Waals surface area contributed by atoms with Crippen LogP contribution in [0.2, 0.25) is 0 Å². The zero-order valence-corrected chi connectivity index (χ0v) is 10.9. The van der Waals surface area contributed by atoms with Gasteiger partial charge in [-0.2, -0.15) is 0 Å². The Balaban J connectivity index is 2.64. The van der Waals surface area contributed by atoms with Gasteiger partial charge >= 0.3 is 0 Å². The minimum Gasteiger partial charge on any atom is -0.392 e. The summed E-state index contributed by atoms with van der Waals surface area (Å²) in [5.41, 5.74) is 0.857. The fraction of sp³-hybridized carbons (Fsp3) is 0.750. The molecule has 0 bridgehead atoms. The van der Waals surface area contributed by atoms with E-state index < -0.39 is 0 Å². The van der Waals surface area contributed by atoms with Crippen LogP contribution < -0.4 is 5.32 Å². The van der Waals surface area contributed by atoms with Crippen LogP contribution in [0.1, 0.15) is 46.4 Å². The van der Waals surface area contributed by atoms with Crippen LogP contribution >= 0.6 is 0 Å². The first-order valence-corrected chi connectivity index (χ1v) is 5.78. The van der Waals surface area contributed by atoms with Crippen molar-refractivity contribution in [2.24, 2.45) is 0 Å². The molecule has 0 aromatic carbocycles. The van der Waals surface area contributed by atoms with Crippen molar-refractivity contribution in [3.8, 4) is 0 Å². The van der Waals surface area contributed by atoms with Crippen molar-refractivity contribution in [2.45, 2.75) is 58.8 Å². The minimum atomic E-state index is -0.386. The number of rotatable bonds is 5. The highest BCUT2D eigenvalue weighted by Crippen LogP contribution is 2.12. The number of imidazole rings is 1. The van der Waals surface area contributed by atoms with Crippen LogP contribution in [0.5, 0.6) is 0 Å². The summed E-state index contributed by atoms with van der Waals surface area (Å²) in [6.45, 7) is 10.8. The van der Waals surface area contributed by atoms with Gasteiger partial charge in [0.1, 0.15) is 0 Å². The second-order valence-electron chi connectivity index (χ2n) is 5.14. The molecule has 1 aromatic rings. The van der Waals surface area contributed by atoms with Gasteiger partial charge in [0.2, 0.25) is 0 Å². The van der Waals surface area contributed by atoms with Crippen LogP contribution in [0.4, 0.5) is 0 Å².